The van der Waals surface area contributed by atoms with Gasteiger partial charge in [-0.15, -0.1) is 0 Å². The zero-order valence-electron chi connectivity index (χ0n) is 14.8. The average Bonchev–Trinajstić information content (AvgIpc) is 3.21. The van der Waals surface area contributed by atoms with Gasteiger partial charge >= 0.3 is 0 Å². The van der Waals surface area contributed by atoms with Gasteiger partial charge in [0.2, 0.25) is 10.0 Å². The molecule has 0 N–H and O–H groups in total. The Kier molecular flexibility index (Phi) is 5.64. The second kappa shape index (κ2) is 7.79. The van der Waals surface area contributed by atoms with Crippen LogP contribution in [0.25, 0.3) is 0 Å². The molecule has 3 rings (SSSR count). The van der Waals surface area contributed by atoms with Gasteiger partial charge in [-0.25, -0.2) is 8.42 Å². The van der Waals surface area contributed by atoms with Gasteiger partial charge in [0.1, 0.15) is 16.4 Å². The quantitative estimate of drug-likeness (QED) is 0.744. The van der Waals surface area contributed by atoms with Crippen molar-refractivity contribution < 1.29 is 27.1 Å². The molecule has 0 aliphatic carbocycles. The highest BCUT2D eigenvalue weighted by atomic mass is 35.5. The van der Waals surface area contributed by atoms with Crippen LogP contribution in [0.1, 0.15) is 10.6 Å². The number of rotatable bonds is 5. The van der Waals surface area contributed by atoms with Crippen LogP contribution in [0, 0.1) is 0 Å². The first kappa shape index (κ1) is 19.5. The highest BCUT2D eigenvalue weighted by Crippen LogP contribution is 2.36. The van der Waals surface area contributed by atoms with E-state index in [1.54, 1.807) is 17.0 Å². The molecule has 1 fully saturated rings. The molecular weight excluding hydrogens is 396 g/mol. The molecule has 1 saturated heterocycles. The molecule has 0 saturated carbocycles. The van der Waals surface area contributed by atoms with Crippen molar-refractivity contribution >= 4 is 27.5 Å². The zero-order valence-corrected chi connectivity index (χ0v) is 16.4. The molecule has 0 bridgehead atoms. The Balaban J connectivity index is 1.80. The van der Waals surface area contributed by atoms with E-state index in [9.17, 15) is 13.2 Å². The first-order chi connectivity index (χ1) is 12.9. The van der Waals surface area contributed by atoms with Crippen LogP contribution in [-0.2, 0) is 10.0 Å². The number of carbonyl (C=O) groups excluding carboxylic acids is 1. The largest absolute Gasteiger partial charge is 0.495 e. The fraction of sp³-hybridized carbons (Fsp3) is 0.353. The van der Waals surface area contributed by atoms with Gasteiger partial charge < -0.3 is 18.8 Å². The molecule has 0 unspecified atom stereocenters. The van der Waals surface area contributed by atoms with Gasteiger partial charge in [0.25, 0.3) is 5.91 Å². The number of furan rings is 1. The van der Waals surface area contributed by atoms with Gasteiger partial charge in [-0.2, -0.15) is 4.31 Å². The molecule has 1 aromatic carbocycles. The number of hydrogen-bond donors (Lipinski definition) is 0. The molecule has 1 aliphatic rings. The van der Waals surface area contributed by atoms with Crippen LogP contribution < -0.4 is 9.47 Å². The van der Waals surface area contributed by atoms with Crippen molar-refractivity contribution in [3.63, 3.8) is 0 Å². The van der Waals surface area contributed by atoms with Crippen molar-refractivity contribution in [2.24, 2.45) is 0 Å². The Morgan fingerprint density at radius 1 is 1.11 bits per heavy atom. The third-order valence-electron chi connectivity index (χ3n) is 4.31. The van der Waals surface area contributed by atoms with E-state index in [2.05, 4.69) is 0 Å². The van der Waals surface area contributed by atoms with Gasteiger partial charge in [0, 0.05) is 38.3 Å². The van der Waals surface area contributed by atoms with E-state index in [-0.39, 0.29) is 59.3 Å². The number of piperazine rings is 1. The average molecular weight is 415 g/mol. The lowest BCUT2D eigenvalue weighted by molar-refractivity contribution is 0.0666. The highest BCUT2D eigenvalue weighted by molar-refractivity contribution is 7.89. The van der Waals surface area contributed by atoms with E-state index in [1.807, 2.05) is 0 Å². The molecule has 1 aromatic heterocycles. The van der Waals surface area contributed by atoms with Gasteiger partial charge in [0.15, 0.2) is 5.76 Å². The number of sulfonamides is 1. The second-order valence-electron chi connectivity index (χ2n) is 5.81. The summed E-state index contributed by atoms with van der Waals surface area (Å²) in [6, 6.07) is 5.96. The fourth-order valence-corrected chi connectivity index (χ4v) is 4.67. The molecule has 1 amide bonds. The Hall–Kier alpha value is -2.23. The topological polar surface area (TPSA) is 89.3 Å². The second-order valence-corrected chi connectivity index (χ2v) is 8.12. The lowest BCUT2D eigenvalue weighted by Gasteiger charge is -2.33. The first-order valence-corrected chi connectivity index (χ1v) is 9.94. The van der Waals surface area contributed by atoms with E-state index in [1.165, 1.54) is 36.9 Å². The predicted octanol–water partition coefficient (Wildman–Crippen LogP) is 2.10. The molecule has 146 valence electrons. The number of hydrogen-bond acceptors (Lipinski definition) is 6. The number of carbonyl (C=O) groups is 1. The minimum absolute atomic E-state index is 0.0305. The molecular formula is C17H19ClN2O6S. The van der Waals surface area contributed by atoms with Crippen molar-refractivity contribution in [3.8, 4) is 11.5 Å². The minimum atomic E-state index is -3.85. The fourth-order valence-electron chi connectivity index (χ4n) is 2.86. The Labute approximate surface area is 162 Å². The molecule has 0 radical (unpaired) electrons. The van der Waals surface area contributed by atoms with Crippen LogP contribution in [-0.4, -0.2) is 63.9 Å². The number of amides is 1. The van der Waals surface area contributed by atoms with E-state index in [0.29, 0.717) is 0 Å². The summed E-state index contributed by atoms with van der Waals surface area (Å²) in [6.45, 7) is 0.823. The molecule has 0 atom stereocenters. The smallest absolute Gasteiger partial charge is 0.289 e. The summed E-state index contributed by atoms with van der Waals surface area (Å²) in [4.78, 5) is 13.9. The van der Waals surface area contributed by atoms with Gasteiger partial charge in [-0.05, 0) is 12.1 Å². The Bertz CT molecular complexity index is 921. The molecule has 2 aromatic rings. The van der Waals surface area contributed by atoms with Crippen molar-refractivity contribution in [3.05, 3.63) is 41.3 Å². The van der Waals surface area contributed by atoms with Crippen molar-refractivity contribution in [2.75, 3.05) is 40.4 Å². The third-order valence-corrected chi connectivity index (χ3v) is 6.53. The molecule has 1 aliphatic heterocycles. The lowest BCUT2D eigenvalue weighted by Crippen LogP contribution is -2.50. The summed E-state index contributed by atoms with van der Waals surface area (Å²) in [7, 11) is -1.07. The Morgan fingerprint density at radius 3 is 2.33 bits per heavy atom. The van der Waals surface area contributed by atoms with E-state index >= 15 is 0 Å². The van der Waals surface area contributed by atoms with Crippen LogP contribution >= 0.6 is 11.6 Å². The Morgan fingerprint density at radius 2 is 1.78 bits per heavy atom. The lowest BCUT2D eigenvalue weighted by atomic mass is 10.3. The number of ether oxygens (including phenoxy) is 2. The number of nitrogens with zero attached hydrogens (tertiary/aromatic N) is 2. The molecule has 27 heavy (non-hydrogen) atoms. The predicted molar refractivity (Wildman–Crippen MR) is 97.9 cm³/mol. The van der Waals surface area contributed by atoms with Crippen LogP contribution in [0.5, 0.6) is 11.5 Å². The number of benzene rings is 1. The van der Waals surface area contributed by atoms with Gasteiger partial charge in [-0.3, -0.25) is 4.79 Å². The SMILES string of the molecule is COc1cc(S(=O)(=O)N2CCN(C(=O)c3ccco3)CC2)c(OC)cc1Cl. The summed E-state index contributed by atoms with van der Waals surface area (Å²) in [5, 5.41) is 0.252. The van der Waals surface area contributed by atoms with Crippen molar-refractivity contribution in [2.45, 2.75) is 4.90 Å². The van der Waals surface area contributed by atoms with Crippen molar-refractivity contribution in [1.82, 2.24) is 9.21 Å². The highest BCUT2D eigenvalue weighted by Gasteiger charge is 2.33. The van der Waals surface area contributed by atoms with Crippen LogP contribution in [0.15, 0.2) is 39.8 Å². The van der Waals surface area contributed by atoms with Gasteiger partial charge in [-0.1, -0.05) is 11.6 Å². The maximum atomic E-state index is 13.1. The summed E-state index contributed by atoms with van der Waals surface area (Å²) in [5.41, 5.74) is 0. The maximum absolute atomic E-state index is 13.1. The first-order valence-electron chi connectivity index (χ1n) is 8.13. The zero-order chi connectivity index (χ0) is 19.6. The molecule has 10 heteroatoms. The summed E-state index contributed by atoms with van der Waals surface area (Å²) in [6.07, 6.45) is 1.42. The molecule has 8 nitrogen and oxygen atoms in total. The van der Waals surface area contributed by atoms with Crippen molar-refractivity contribution in [1.29, 1.82) is 0 Å². The van der Waals surface area contributed by atoms with E-state index < -0.39 is 10.0 Å². The monoisotopic (exact) mass is 414 g/mol. The summed E-state index contributed by atoms with van der Waals surface area (Å²) >= 11 is 6.05. The summed E-state index contributed by atoms with van der Waals surface area (Å²) in [5.74, 6) is 0.343. The summed E-state index contributed by atoms with van der Waals surface area (Å²) < 4.78 is 42.9. The van der Waals surface area contributed by atoms with Gasteiger partial charge in [0.05, 0.1) is 25.5 Å². The van der Waals surface area contributed by atoms with E-state index in [4.69, 9.17) is 25.5 Å². The standard InChI is InChI=1S/C17H19ClN2O6S/c1-24-14-11-16(15(25-2)10-12(14)18)27(22,23)20-7-5-19(6-8-20)17(21)13-4-3-9-26-13/h3-4,9-11H,5-8H2,1-2H3. The van der Waals surface area contributed by atoms with Crippen LogP contribution in [0.2, 0.25) is 5.02 Å². The van der Waals surface area contributed by atoms with E-state index in [0.717, 1.165) is 0 Å². The van der Waals surface area contributed by atoms with Crippen LogP contribution in [0.4, 0.5) is 0 Å². The normalized spacial score (nSPS) is 15.6. The number of methoxy groups -OCH3 is 2. The third kappa shape index (κ3) is 3.76. The molecule has 0 spiro atoms. The van der Waals surface area contributed by atoms with Crippen LogP contribution in [0.3, 0.4) is 0 Å². The minimum Gasteiger partial charge on any atom is -0.495 e. The number of halogens is 1. The molecule has 2 heterocycles. The maximum Gasteiger partial charge on any atom is 0.289 e.